The number of fused-ring (bicyclic) bond motifs is 2. The summed E-state index contributed by atoms with van der Waals surface area (Å²) in [7, 11) is 2.18. The number of para-hydroxylation sites is 1. The summed E-state index contributed by atoms with van der Waals surface area (Å²) in [5, 5.41) is 5.71. The van der Waals surface area contributed by atoms with Gasteiger partial charge in [-0.1, -0.05) is 18.2 Å². The number of aromatic nitrogens is 4. The molecule has 0 atom stereocenters. The lowest BCUT2D eigenvalue weighted by molar-refractivity contribution is 0.147. The zero-order valence-corrected chi connectivity index (χ0v) is 16.3. The zero-order chi connectivity index (χ0) is 19.1. The van der Waals surface area contributed by atoms with Crippen LogP contribution < -0.4 is 0 Å². The van der Waals surface area contributed by atoms with Crippen LogP contribution in [0.25, 0.3) is 27.7 Å². The quantitative estimate of drug-likeness (QED) is 0.553. The Kier molecular flexibility index (Phi) is 4.30. The van der Waals surface area contributed by atoms with Crippen LogP contribution >= 0.6 is 0 Å². The van der Waals surface area contributed by atoms with Gasteiger partial charge in [0.25, 0.3) is 0 Å². The number of piperazine rings is 1. The Balaban J connectivity index is 1.53. The number of benzene rings is 1. The molecule has 4 heterocycles. The van der Waals surface area contributed by atoms with E-state index in [0.29, 0.717) is 0 Å². The molecule has 1 aliphatic rings. The first-order valence-electron chi connectivity index (χ1n) is 9.78. The van der Waals surface area contributed by atoms with Crippen LogP contribution in [0, 0.1) is 6.92 Å². The van der Waals surface area contributed by atoms with Crippen LogP contribution in [0.2, 0.25) is 0 Å². The smallest absolute Gasteiger partial charge is 0.163 e. The lowest BCUT2D eigenvalue weighted by Gasteiger charge is -2.32. The lowest BCUT2D eigenvalue weighted by atomic mass is 10.1. The average molecular weight is 372 g/mol. The molecular weight excluding hydrogens is 348 g/mol. The number of pyridine rings is 1. The van der Waals surface area contributed by atoms with E-state index in [1.165, 1.54) is 0 Å². The van der Waals surface area contributed by atoms with Crippen molar-refractivity contribution in [3.63, 3.8) is 0 Å². The second-order valence-electron chi connectivity index (χ2n) is 7.68. The molecule has 0 aliphatic carbocycles. The fourth-order valence-corrected chi connectivity index (χ4v) is 3.92. The van der Waals surface area contributed by atoms with Gasteiger partial charge >= 0.3 is 0 Å². The molecule has 1 fully saturated rings. The molecule has 6 heteroatoms. The molecule has 0 saturated carbocycles. The highest BCUT2D eigenvalue weighted by Crippen LogP contribution is 2.26. The number of nitrogens with zero attached hydrogens (tertiary/aromatic N) is 6. The molecule has 3 aromatic heterocycles. The molecule has 0 bridgehead atoms. The Labute approximate surface area is 164 Å². The number of aryl methyl sites for hydroxylation is 1. The summed E-state index contributed by atoms with van der Waals surface area (Å²) in [6, 6.07) is 12.5. The molecule has 1 saturated heterocycles. The minimum Gasteiger partial charge on any atom is -0.304 e. The van der Waals surface area contributed by atoms with E-state index < -0.39 is 0 Å². The molecule has 0 amide bonds. The summed E-state index contributed by atoms with van der Waals surface area (Å²) in [6.45, 7) is 7.37. The molecule has 5 rings (SSSR count). The molecule has 6 nitrogen and oxygen atoms in total. The second-order valence-corrected chi connectivity index (χ2v) is 7.68. The van der Waals surface area contributed by atoms with Gasteiger partial charge in [0.05, 0.1) is 17.4 Å². The van der Waals surface area contributed by atoms with Crippen molar-refractivity contribution in [2.75, 3.05) is 33.2 Å². The van der Waals surface area contributed by atoms with Gasteiger partial charge in [0, 0.05) is 61.1 Å². The number of rotatable bonds is 3. The van der Waals surface area contributed by atoms with Crippen LogP contribution in [0.15, 0.2) is 48.8 Å². The first-order valence-corrected chi connectivity index (χ1v) is 9.78. The second kappa shape index (κ2) is 6.96. The summed E-state index contributed by atoms with van der Waals surface area (Å²) in [4.78, 5) is 14.4. The van der Waals surface area contributed by atoms with Crippen LogP contribution in [0.1, 0.15) is 11.4 Å². The van der Waals surface area contributed by atoms with Gasteiger partial charge in [-0.25, -0.2) is 9.50 Å². The Morgan fingerprint density at radius 3 is 2.68 bits per heavy atom. The van der Waals surface area contributed by atoms with E-state index >= 15 is 0 Å². The van der Waals surface area contributed by atoms with Gasteiger partial charge in [-0.3, -0.25) is 9.88 Å². The first kappa shape index (κ1) is 17.3. The third-order valence-corrected chi connectivity index (χ3v) is 5.59. The van der Waals surface area contributed by atoms with Gasteiger partial charge in [-0.15, -0.1) is 0 Å². The lowest BCUT2D eigenvalue weighted by Crippen LogP contribution is -2.44. The van der Waals surface area contributed by atoms with Crippen LogP contribution in [-0.2, 0) is 6.54 Å². The van der Waals surface area contributed by atoms with Crippen molar-refractivity contribution in [1.82, 2.24) is 29.4 Å². The minimum atomic E-state index is 0.881. The third kappa shape index (κ3) is 3.15. The molecular formula is C22H24N6. The fraction of sp³-hybridized carbons (Fsp3) is 0.318. The maximum absolute atomic E-state index is 4.98. The Morgan fingerprint density at radius 2 is 1.82 bits per heavy atom. The molecule has 28 heavy (non-hydrogen) atoms. The summed E-state index contributed by atoms with van der Waals surface area (Å²) in [5.74, 6) is 0. The highest BCUT2D eigenvalue weighted by atomic mass is 15.3. The van der Waals surface area contributed by atoms with Crippen LogP contribution in [0.3, 0.4) is 0 Å². The van der Waals surface area contributed by atoms with Crippen molar-refractivity contribution in [3.05, 3.63) is 60.2 Å². The van der Waals surface area contributed by atoms with Crippen molar-refractivity contribution < 1.29 is 0 Å². The van der Waals surface area contributed by atoms with Gasteiger partial charge in [0.15, 0.2) is 5.65 Å². The summed E-state index contributed by atoms with van der Waals surface area (Å²) in [5.41, 5.74) is 6.20. The Bertz CT molecular complexity index is 1140. The maximum Gasteiger partial charge on any atom is 0.163 e. The highest BCUT2D eigenvalue weighted by molar-refractivity contribution is 5.86. The van der Waals surface area contributed by atoms with Gasteiger partial charge in [0.1, 0.15) is 0 Å². The Morgan fingerprint density at radius 1 is 1.00 bits per heavy atom. The SMILES string of the molecule is Cc1cc(CN2CCN(C)CC2)nc2c(-c3cnc4ccccc4c3)cnn12. The number of hydrogen-bond donors (Lipinski definition) is 0. The van der Waals surface area contributed by atoms with Crippen LogP contribution in [0.4, 0.5) is 0 Å². The molecule has 0 radical (unpaired) electrons. The van der Waals surface area contributed by atoms with Crippen molar-refractivity contribution >= 4 is 16.6 Å². The third-order valence-electron chi connectivity index (χ3n) is 5.59. The molecule has 0 N–H and O–H groups in total. The van der Waals surface area contributed by atoms with E-state index in [4.69, 9.17) is 4.98 Å². The predicted octanol–water partition coefficient (Wildman–Crippen LogP) is 3.00. The molecule has 0 unspecified atom stereocenters. The van der Waals surface area contributed by atoms with Crippen molar-refractivity contribution in [1.29, 1.82) is 0 Å². The van der Waals surface area contributed by atoms with Gasteiger partial charge in [-0.2, -0.15) is 5.10 Å². The topological polar surface area (TPSA) is 49.6 Å². The van der Waals surface area contributed by atoms with E-state index in [-0.39, 0.29) is 0 Å². The van der Waals surface area contributed by atoms with Gasteiger partial charge < -0.3 is 4.90 Å². The van der Waals surface area contributed by atoms with E-state index in [2.05, 4.69) is 52.1 Å². The molecule has 1 aromatic carbocycles. The zero-order valence-electron chi connectivity index (χ0n) is 16.3. The van der Waals surface area contributed by atoms with Crippen LogP contribution in [0.5, 0.6) is 0 Å². The summed E-state index contributed by atoms with van der Waals surface area (Å²) < 4.78 is 1.93. The Hall–Kier alpha value is -2.83. The van der Waals surface area contributed by atoms with Crippen molar-refractivity contribution in [2.45, 2.75) is 13.5 Å². The van der Waals surface area contributed by atoms with E-state index in [0.717, 1.165) is 71.8 Å². The number of likely N-dealkylation sites (N-methyl/N-ethyl adjacent to an activating group) is 1. The predicted molar refractivity (Wildman–Crippen MR) is 111 cm³/mol. The first-order chi connectivity index (χ1) is 13.7. The van der Waals surface area contributed by atoms with Crippen molar-refractivity contribution in [3.8, 4) is 11.1 Å². The average Bonchev–Trinajstić information content (AvgIpc) is 3.14. The largest absolute Gasteiger partial charge is 0.304 e. The fourth-order valence-electron chi connectivity index (χ4n) is 3.92. The molecule has 4 aromatic rings. The van der Waals surface area contributed by atoms with E-state index in [9.17, 15) is 0 Å². The molecule has 1 aliphatic heterocycles. The maximum atomic E-state index is 4.98. The normalized spacial score (nSPS) is 16.2. The minimum absolute atomic E-state index is 0.881. The summed E-state index contributed by atoms with van der Waals surface area (Å²) >= 11 is 0. The van der Waals surface area contributed by atoms with Gasteiger partial charge in [-0.05, 0) is 32.2 Å². The van der Waals surface area contributed by atoms with E-state index in [1.54, 1.807) is 0 Å². The monoisotopic (exact) mass is 372 g/mol. The molecule has 142 valence electrons. The van der Waals surface area contributed by atoms with Crippen LogP contribution in [-0.4, -0.2) is 62.6 Å². The highest BCUT2D eigenvalue weighted by Gasteiger charge is 2.17. The molecule has 0 spiro atoms. The summed E-state index contributed by atoms with van der Waals surface area (Å²) in [6.07, 6.45) is 3.82. The van der Waals surface area contributed by atoms with Gasteiger partial charge in [0.2, 0.25) is 0 Å². The van der Waals surface area contributed by atoms with E-state index in [1.807, 2.05) is 35.1 Å². The van der Waals surface area contributed by atoms with Crippen molar-refractivity contribution in [2.24, 2.45) is 0 Å². The number of hydrogen-bond acceptors (Lipinski definition) is 5. The standard InChI is InChI=1S/C22H24N6/c1-16-11-19(15-27-9-7-26(2)8-10-27)25-22-20(14-24-28(16)22)18-12-17-5-3-4-6-21(17)23-13-18/h3-6,11-14H,7-10,15H2,1-2H3.